The van der Waals surface area contributed by atoms with E-state index in [1.54, 1.807) is 6.07 Å². The quantitative estimate of drug-likeness (QED) is 0.897. The number of thiazole rings is 1. The van der Waals surface area contributed by atoms with Gasteiger partial charge in [-0.15, -0.1) is 11.3 Å². The van der Waals surface area contributed by atoms with Gasteiger partial charge >= 0.3 is 5.97 Å². The van der Waals surface area contributed by atoms with Gasteiger partial charge in [0.25, 0.3) is 0 Å². The summed E-state index contributed by atoms with van der Waals surface area (Å²) in [6, 6.07) is 1.71. The Bertz CT molecular complexity index is 622. The number of carboxylic acid groups (broad SMARTS) is 1. The van der Waals surface area contributed by atoms with E-state index in [1.165, 1.54) is 17.5 Å². The largest absolute Gasteiger partial charge is 0.478 e. The highest BCUT2D eigenvalue weighted by Gasteiger charge is 2.13. The third-order valence-electron chi connectivity index (χ3n) is 2.74. The molecule has 100 valence electrons. The number of aromatic nitrogens is 2. The predicted octanol–water partition coefficient (Wildman–Crippen LogP) is 3.16. The van der Waals surface area contributed by atoms with Crippen LogP contribution in [0.1, 0.15) is 33.5 Å². The third-order valence-corrected chi connectivity index (χ3v) is 3.67. The summed E-state index contributed by atoms with van der Waals surface area (Å²) in [6.07, 6.45) is 2.23. The van der Waals surface area contributed by atoms with E-state index in [9.17, 15) is 4.79 Å². The maximum absolute atomic E-state index is 11.2. The van der Waals surface area contributed by atoms with Crippen LogP contribution in [-0.4, -0.2) is 21.0 Å². The van der Waals surface area contributed by atoms with Crippen molar-refractivity contribution in [3.05, 3.63) is 34.1 Å². The van der Waals surface area contributed by atoms with Gasteiger partial charge in [-0.1, -0.05) is 6.92 Å². The lowest BCUT2D eigenvalue weighted by molar-refractivity contribution is 0.0697. The first-order valence-electron chi connectivity index (χ1n) is 5.94. The fourth-order valence-electron chi connectivity index (χ4n) is 1.76. The third kappa shape index (κ3) is 2.90. The molecule has 0 fully saturated rings. The van der Waals surface area contributed by atoms with Crippen molar-refractivity contribution in [3.8, 4) is 0 Å². The molecule has 0 aliphatic heterocycles. The Hall–Kier alpha value is -1.95. The van der Waals surface area contributed by atoms with Crippen LogP contribution in [0.15, 0.2) is 12.3 Å². The summed E-state index contributed by atoms with van der Waals surface area (Å²) in [5, 5.41) is 12.9. The summed E-state index contributed by atoms with van der Waals surface area (Å²) in [5.74, 6) is -1.00. The van der Waals surface area contributed by atoms with Crippen LogP contribution in [0.5, 0.6) is 0 Å². The molecule has 0 unspecified atom stereocenters. The van der Waals surface area contributed by atoms with E-state index in [0.29, 0.717) is 10.8 Å². The van der Waals surface area contributed by atoms with E-state index in [1.807, 2.05) is 20.8 Å². The van der Waals surface area contributed by atoms with Crippen LogP contribution in [-0.2, 0) is 6.42 Å². The number of aryl methyl sites for hydroxylation is 3. The summed E-state index contributed by atoms with van der Waals surface area (Å²) in [5.41, 5.74) is 2.47. The van der Waals surface area contributed by atoms with Crippen molar-refractivity contribution in [1.29, 1.82) is 0 Å². The Morgan fingerprint density at radius 3 is 2.79 bits per heavy atom. The zero-order valence-corrected chi connectivity index (χ0v) is 11.8. The van der Waals surface area contributed by atoms with Crippen LogP contribution >= 0.6 is 11.3 Å². The van der Waals surface area contributed by atoms with E-state index >= 15 is 0 Å². The van der Waals surface area contributed by atoms with Crippen molar-refractivity contribution in [2.45, 2.75) is 27.2 Å². The van der Waals surface area contributed by atoms with Gasteiger partial charge in [-0.25, -0.2) is 9.78 Å². The monoisotopic (exact) mass is 277 g/mol. The summed E-state index contributed by atoms with van der Waals surface area (Å²) >= 11 is 1.52. The second-order valence-electron chi connectivity index (χ2n) is 4.18. The van der Waals surface area contributed by atoms with E-state index in [-0.39, 0.29) is 5.56 Å². The van der Waals surface area contributed by atoms with E-state index in [0.717, 1.165) is 22.7 Å². The number of nitrogens with one attached hydrogen (secondary N) is 1. The molecule has 0 atom stereocenters. The second-order valence-corrected chi connectivity index (χ2v) is 5.38. The Morgan fingerprint density at radius 2 is 2.21 bits per heavy atom. The molecule has 0 saturated heterocycles. The standard InChI is InChI=1S/C13H15N3O2S/c1-4-10-8(3)19-13(15-10)16-11-5-7(2)14-6-9(11)12(17)18/h5-6H,4H2,1-3H3,(H,17,18)(H,14,15,16). The SMILES string of the molecule is CCc1nc(Nc2cc(C)ncc2C(=O)O)sc1C. The molecular weight excluding hydrogens is 262 g/mol. The Morgan fingerprint density at radius 1 is 1.47 bits per heavy atom. The molecule has 2 N–H and O–H groups in total. The van der Waals surface area contributed by atoms with Gasteiger partial charge in [0.2, 0.25) is 0 Å². The van der Waals surface area contributed by atoms with Crippen molar-refractivity contribution < 1.29 is 9.90 Å². The molecule has 0 radical (unpaired) electrons. The van der Waals surface area contributed by atoms with Gasteiger partial charge in [-0.05, 0) is 26.3 Å². The fraction of sp³-hybridized carbons (Fsp3) is 0.308. The smallest absolute Gasteiger partial charge is 0.339 e. The molecule has 2 aromatic rings. The van der Waals surface area contributed by atoms with Crippen LogP contribution in [0.3, 0.4) is 0 Å². The van der Waals surface area contributed by atoms with Crippen LogP contribution in [0.25, 0.3) is 0 Å². The highest BCUT2D eigenvalue weighted by molar-refractivity contribution is 7.15. The van der Waals surface area contributed by atoms with Gasteiger partial charge in [0.15, 0.2) is 5.13 Å². The van der Waals surface area contributed by atoms with Crippen LogP contribution in [0, 0.1) is 13.8 Å². The van der Waals surface area contributed by atoms with Gasteiger partial charge in [0.1, 0.15) is 5.56 Å². The number of hydrogen-bond acceptors (Lipinski definition) is 5. The molecule has 0 aliphatic carbocycles. The Labute approximate surface area is 115 Å². The molecule has 2 aromatic heterocycles. The topological polar surface area (TPSA) is 75.1 Å². The zero-order chi connectivity index (χ0) is 14.0. The highest BCUT2D eigenvalue weighted by atomic mass is 32.1. The number of aromatic carboxylic acids is 1. The minimum Gasteiger partial charge on any atom is -0.478 e. The van der Waals surface area contributed by atoms with Crippen molar-refractivity contribution in [2.24, 2.45) is 0 Å². The second kappa shape index (κ2) is 5.36. The van der Waals surface area contributed by atoms with Gasteiger partial charge in [-0.3, -0.25) is 4.98 Å². The molecule has 2 rings (SSSR count). The minimum atomic E-state index is -1.00. The molecule has 6 heteroatoms. The van der Waals surface area contributed by atoms with Gasteiger partial charge < -0.3 is 10.4 Å². The Kier molecular flexibility index (Phi) is 3.80. The van der Waals surface area contributed by atoms with Crippen molar-refractivity contribution >= 4 is 28.1 Å². The molecule has 0 saturated carbocycles. The summed E-state index contributed by atoms with van der Waals surface area (Å²) in [4.78, 5) is 20.8. The average molecular weight is 277 g/mol. The molecule has 2 heterocycles. The van der Waals surface area contributed by atoms with E-state index in [4.69, 9.17) is 5.11 Å². The van der Waals surface area contributed by atoms with Gasteiger partial charge in [-0.2, -0.15) is 0 Å². The zero-order valence-electron chi connectivity index (χ0n) is 11.0. The number of hydrogen-bond donors (Lipinski definition) is 2. The molecule has 5 nitrogen and oxygen atoms in total. The number of carbonyl (C=O) groups is 1. The van der Waals surface area contributed by atoms with Gasteiger partial charge in [0, 0.05) is 16.8 Å². The molecule has 19 heavy (non-hydrogen) atoms. The molecule has 0 aromatic carbocycles. The van der Waals surface area contributed by atoms with E-state index in [2.05, 4.69) is 15.3 Å². The van der Waals surface area contributed by atoms with Crippen LogP contribution in [0.4, 0.5) is 10.8 Å². The van der Waals surface area contributed by atoms with Crippen molar-refractivity contribution in [1.82, 2.24) is 9.97 Å². The summed E-state index contributed by atoms with van der Waals surface area (Å²) in [7, 11) is 0. The molecule has 0 spiro atoms. The van der Waals surface area contributed by atoms with Gasteiger partial charge in [0.05, 0.1) is 11.4 Å². The summed E-state index contributed by atoms with van der Waals surface area (Å²) < 4.78 is 0. The first-order chi connectivity index (χ1) is 9.01. The first-order valence-corrected chi connectivity index (χ1v) is 6.76. The summed E-state index contributed by atoms with van der Waals surface area (Å²) in [6.45, 7) is 5.88. The highest BCUT2D eigenvalue weighted by Crippen LogP contribution is 2.27. The lowest BCUT2D eigenvalue weighted by atomic mass is 10.2. The van der Waals surface area contributed by atoms with Crippen LogP contribution < -0.4 is 5.32 Å². The predicted molar refractivity (Wildman–Crippen MR) is 75.4 cm³/mol. The maximum atomic E-state index is 11.2. The maximum Gasteiger partial charge on any atom is 0.339 e. The Balaban J connectivity index is 2.36. The molecule has 0 amide bonds. The van der Waals surface area contributed by atoms with Crippen molar-refractivity contribution in [2.75, 3.05) is 5.32 Å². The fourth-order valence-corrected chi connectivity index (χ4v) is 2.67. The normalized spacial score (nSPS) is 10.5. The van der Waals surface area contributed by atoms with Crippen molar-refractivity contribution in [3.63, 3.8) is 0 Å². The molecular formula is C13H15N3O2S. The molecule has 0 bridgehead atoms. The number of pyridine rings is 1. The molecule has 0 aliphatic rings. The van der Waals surface area contributed by atoms with Crippen LogP contribution in [0.2, 0.25) is 0 Å². The number of anilines is 2. The van der Waals surface area contributed by atoms with E-state index < -0.39 is 5.97 Å². The minimum absolute atomic E-state index is 0.150. The lowest BCUT2D eigenvalue weighted by Crippen LogP contribution is -2.04. The first kappa shape index (κ1) is 13.5. The number of nitrogens with zero attached hydrogens (tertiary/aromatic N) is 2. The number of rotatable bonds is 4. The lowest BCUT2D eigenvalue weighted by Gasteiger charge is -2.07. The number of carboxylic acids is 1. The average Bonchev–Trinajstić information content (AvgIpc) is 2.69.